The number of amides is 1. The number of nitrogens with one attached hydrogen (secondary N) is 1. The Balaban J connectivity index is 2.00. The van der Waals surface area contributed by atoms with Crippen LogP contribution in [0, 0.1) is 27.7 Å². The van der Waals surface area contributed by atoms with Gasteiger partial charge in [0.25, 0.3) is 0 Å². The van der Waals surface area contributed by atoms with Gasteiger partial charge < -0.3 is 14.5 Å². The largest absolute Gasteiger partial charge is 0.493 e. The van der Waals surface area contributed by atoms with Gasteiger partial charge in [-0.15, -0.1) is 0 Å². The van der Waals surface area contributed by atoms with Crippen LogP contribution in [0.1, 0.15) is 41.7 Å². The predicted molar refractivity (Wildman–Crippen MR) is 115 cm³/mol. The molecule has 1 N–H and O–H groups in total. The van der Waals surface area contributed by atoms with Gasteiger partial charge in [0.05, 0.1) is 12.9 Å². The first-order valence-electron chi connectivity index (χ1n) is 9.53. The molecule has 1 heterocycles. The number of anilines is 1. The molecule has 0 unspecified atom stereocenters. The normalized spacial score (nSPS) is 11.7. The van der Waals surface area contributed by atoms with Crippen molar-refractivity contribution in [2.45, 2.75) is 41.5 Å². The Morgan fingerprint density at radius 2 is 1.89 bits per heavy atom. The molecule has 0 radical (unpaired) electrons. The van der Waals surface area contributed by atoms with E-state index in [4.69, 9.17) is 9.15 Å². The van der Waals surface area contributed by atoms with E-state index >= 15 is 0 Å². The number of fused-ring (bicyclic) bond motifs is 1. The Morgan fingerprint density at radius 1 is 1.14 bits per heavy atom. The van der Waals surface area contributed by atoms with Gasteiger partial charge in [-0.3, -0.25) is 4.79 Å². The third kappa shape index (κ3) is 3.81. The van der Waals surface area contributed by atoms with Gasteiger partial charge in [-0.1, -0.05) is 12.1 Å². The molecule has 0 saturated carbocycles. The second kappa shape index (κ2) is 7.93. The molecule has 0 aliphatic rings. The van der Waals surface area contributed by atoms with Gasteiger partial charge >= 0.3 is 0 Å². The Hall–Kier alpha value is -3.01. The maximum Gasteiger partial charge on any atom is 0.248 e. The van der Waals surface area contributed by atoms with Crippen LogP contribution in [0.2, 0.25) is 0 Å². The lowest BCUT2D eigenvalue weighted by Crippen LogP contribution is -2.10. The minimum Gasteiger partial charge on any atom is -0.493 e. The monoisotopic (exact) mass is 377 g/mol. The molecule has 0 bridgehead atoms. The molecule has 4 heteroatoms. The van der Waals surface area contributed by atoms with Crippen LogP contribution in [0.25, 0.3) is 16.5 Å². The van der Waals surface area contributed by atoms with Crippen molar-refractivity contribution >= 4 is 28.1 Å². The van der Waals surface area contributed by atoms with Crippen molar-refractivity contribution in [1.82, 2.24) is 0 Å². The van der Waals surface area contributed by atoms with E-state index in [0.717, 1.165) is 55.8 Å². The summed E-state index contributed by atoms with van der Waals surface area (Å²) in [5.41, 5.74) is 7.57. The highest BCUT2D eigenvalue weighted by Gasteiger charge is 2.17. The van der Waals surface area contributed by atoms with Crippen LogP contribution in [-0.2, 0) is 4.79 Å². The van der Waals surface area contributed by atoms with E-state index in [1.54, 1.807) is 12.3 Å². The second-order valence-corrected chi connectivity index (χ2v) is 7.24. The third-order valence-corrected chi connectivity index (χ3v) is 4.95. The molecule has 2 aromatic carbocycles. The van der Waals surface area contributed by atoms with Gasteiger partial charge in [0.2, 0.25) is 5.91 Å². The van der Waals surface area contributed by atoms with Crippen LogP contribution in [0.5, 0.6) is 5.75 Å². The van der Waals surface area contributed by atoms with Crippen LogP contribution in [-0.4, -0.2) is 12.5 Å². The molecule has 0 saturated heterocycles. The number of rotatable bonds is 5. The lowest BCUT2D eigenvalue weighted by atomic mass is 9.98. The summed E-state index contributed by atoms with van der Waals surface area (Å²) in [6, 6.07) is 8.07. The first-order chi connectivity index (χ1) is 13.3. The van der Waals surface area contributed by atoms with Gasteiger partial charge in [0.15, 0.2) is 0 Å². The summed E-state index contributed by atoms with van der Waals surface area (Å²) in [4.78, 5) is 12.6. The standard InChI is InChI=1S/C24H27NO3/c1-7-27-23-18(6)24-20(17(5)13-28-24)12-19(23)16(4)11-22(26)25-21-10-14(2)8-9-15(21)3/h8-13H,7H2,1-6H3,(H,25,26)/b16-11+. The highest BCUT2D eigenvalue weighted by molar-refractivity contribution is 6.05. The number of aryl methyl sites for hydroxylation is 4. The van der Waals surface area contributed by atoms with E-state index in [1.165, 1.54) is 0 Å². The van der Waals surface area contributed by atoms with Crippen molar-refractivity contribution in [3.63, 3.8) is 0 Å². The fraction of sp³-hybridized carbons (Fsp3) is 0.292. The molecule has 146 valence electrons. The Morgan fingerprint density at radius 3 is 2.61 bits per heavy atom. The summed E-state index contributed by atoms with van der Waals surface area (Å²) in [5, 5.41) is 4.03. The quantitative estimate of drug-likeness (QED) is 0.546. The summed E-state index contributed by atoms with van der Waals surface area (Å²) in [6.07, 6.45) is 3.38. The molecular formula is C24H27NO3. The fourth-order valence-corrected chi connectivity index (χ4v) is 3.38. The van der Waals surface area contributed by atoms with Crippen LogP contribution in [0.15, 0.2) is 41.0 Å². The van der Waals surface area contributed by atoms with Crippen molar-refractivity contribution in [3.05, 3.63) is 64.4 Å². The smallest absolute Gasteiger partial charge is 0.248 e. The number of benzene rings is 2. The number of carbonyl (C=O) groups is 1. The topological polar surface area (TPSA) is 51.5 Å². The molecule has 3 aromatic rings. The minimum atomic E-state index is -0.157. The molecule has 1 amide bonds. The number of carbonyl (C=O) groups excluding carboxylic acids is 1. The van der Waals surface area contributed by atoms with Crippen molar-refractivity contribution in [2.75, 3.05) is 11.9 Å². The van der Waals surface area contributed by atoms with Crippen LogP contribution < -0.4 is 10.1 Å². The number of furan rings is 1. The highest BCUT2D eigenvalue weighted by atomic mass is 16.5. The highest BCUT2D eigenvalue weighted by Crippen LogP contribution is 2.37. The average molecular weight is 377 g/mol. The summed E-state index contributed by atoms with van der Waals surface area (Å²) in [5.74, 6) is 0.605. The Bertz CT molecular complexity index is 1070. The van der Waals surface area contributed by atoms with E-state index in [0.29, 0.717) is 6.61 Å². The van der Waals surface area contributed by atoms with Gasteiger partial charge in [0.1, 0.15) is 11.3 Å². The van der Waals surface area contributed by atoms with E-state index in [-0.39, 0.29) is 5.91 Å². The number of hydrogen-bond donors (Lipinski definition) is 1. The Labute approximate surface area is 166 Å². The van der Waals surface area contributed by atoms with Crippen molar-refractivity contribution in [1.29, 1.82) is 0 Å². The molecule has 3 rings (SSSR count). The number of hydrogen-bond acceptors (Lipinski definition) is 3. The third-order valence-electron chi connectivity index (χ3n) is 4.95. The summed E-state index contributed by atoms with van der Waals surface area (Å²) < 4.78 is 11.6. The van der Waals surface area contributed by atoms with E-state index < -0.39 is 0 Å². The van der Waals surface area contributed by atoms with Crippen LogP contribution in [0.3, 0.4) is 0 Å². The lowest BCUT2D eigenvalue weighted by molar-refractivity contribution is -0.111. The van der Waals surface area contributed by atoms with Crippen molar-refractivity contribution in [2.24, 2.45) is 0 Å². The first kappa shape index (κ1) is 19.7. The van der Waals surface area contributed by atoms with Gasteiger partial charge in [-0.25, -0.2) is 0 Å². The number of ether oxygens (including phenoxy) is 1. The first-order valence-corrected chi connectivity index (χ1v) is 9.53. The molecule has 4 nitrogen and oxygen atoms in total. The van der Waals surface area contributed by atoms with E-state index in [2.05, 4.69) is 5.32 Å². The van der Waals surface area contributed by atoms with Crippen LogP contribution in [0.4, 0.5) is 5.69 Å². The fourth-order valence-electron chi connectivity index (χ4n) is 3.38. The number of allylic oxidation sites excluding steroid dienone is 1. The van der Waals surface area contributed by atoms with Gasteiger partial charge in [-0.2, -0.15) is 0 Å². The molecule has 0 spiro atoms. The zero-order valence-electron chi connectivity index (χ0n) is 17.4. The van der Waals surface area contributed by atoms with Crippen LogP contribution >= 0.6 is 0 Å². The minimum absolute atomic E-state index is 0.157. The van der Waals surface area contributed by atoms with Gasteiger partial charge in [-0.05, 0) is 75.9 Å². The molecule has 1 aromatic heterocycles. The molecule has 0 aliphatic carbocycles. The van der Waals surface area contributed by atoms with Gasteiger partial charge in [0, 0.05) is 28.3 Å². The summed E-state index contributed by atoms with van der Waals surface area (Å²) in [7, 11) is 0. The average Bonchev–Trinajstić information content (AvgIpc) is 3.01. The molecular weight excluding hydrogens is 350 g/mol. The SMILES string of the molecule is CCOc1c(/C(C)=C/C(=O)Nc2cc(C)ccc2C)cc2c(C)coc2c1C. The van der Waals surface area contributed by atoms with Crippen molar-refractivity contribution < 1.29 is 13.9 Å². The molecule has 0 aliphatic heterocycles. The van der Waals surface area contributed by atoms with Crippen molar-refractivity contribution in [3.8, 4) is 5.75 Å². The summed E-state index contributed by atoms with van der Waals surface area (Å²) >= 11 is 0. The predicted octanol–water partition coefficient (Wildman–Crippen LogP) is 6.11. The molecule has 0 atom stereocenters. The maximum absolute atomic E-state index is 12.6. The lowest BCUT2D eigenvalue weighted by Gasteiger charge is -2.15. The summed E-state index contributed by atoms with van der Waals surface area (Å²) in [6.45, 7) is 12.4. The second-order valence-electron chi connectivity index (χ2n) is 7.24. The Kier molecular flexibility index (Phi) is 5.59. The van der Waals surface area contributed by atoms with E-state index in [9.17, 15) is 4.79 Å². The maximum atomic E-state index is 12.6. The zero-order chi connectivity index (χ0) is 20.4. The van der Waals surface area contributed by atoms with E-state index in [1.807, 2.05) is 65.8 Å². The zero-order valence-corrected chi connectivity index (χ0v) is 17.4. The molecule has 0 fully saturated rings. The molecule has 28 heavy (non-hydrogen) atoms.